The quantitative estimate of drug-likeness (QED) is 0.842. The van der Waals surface area contributed by atoms with E-state index in [0.29, 0.717) is 0 Å². The molecule has 2 aromatic rings. The van der Waals surface area contributed by atoms with E-state index in [2.05, 4.69) is 5.10 Å². The molecule has 0 aliphatic heterocycles. The molecule has 1 aromatic carbocycles. The highest BCUT2D eigenvalue weighted by molar-refractivity contribution is 5.85. The van der Waals surface area contributed by atoms with E-state index < -0.39 is 5.97 Å². The minimum atomic E-state index is -0.945. The number of carboxylic acid groups (broad SMARTS) is 1. The maximum Gasteiger partial charge on any atom is 0.328 e. The van der Waals surface area contributed by atoms with Crippen LogP contribution in [0.2, 0.25) is 0 Å². The molecule has 0 saturated heterocycles. The second-order valence-electron chi connectivity index (χ2n) is 4.18. The number of nitrogens with zero attached hydrogens (tertiary/aromatic N) is 2. The Kier molecular flexibility index (Phi) is 3.28. The van der Waals surface area contributed by atoms with E-state index in [9.17, 15) is 4.79 Å². The fraction of sp³-hybridized carbons (Fsp3) is 0.143. The van der Waals surface area contributed by atoms with E-state index >= 15 is 0 Å². The molecule has 1 heterocycles. The first kappa shape index (κ1) is 12.1. The van der Waals surface area contributed by atoms with Crippen LogP contribution in [0.4, 0.5) is 0 Å². The molecule has 0 radical (unpaired) electrons. The fourth-order valence-electron chi connectivity index (χ4n) is 1.75. The molecular weight excluding hydrogens is 228 g/mol. The first-order valence-corrected chi connectivity index (χ1v) is 5.59. The van der Waals surface area contributed by atoms with Crippen LogP contribution in [0.3, 0.4) is 0 Å². The lowest BCUT2D eigenvalue weighted by Gasteiger charge is -2.06. The van der Waals surface area contributed by atoms with Gasteiger partial charge in [-0.2, -0.15) is 5.10 Å². The highest BCUT2D eigenvalue weighted by Crippen LogP contribution is 2.16. The van der Waals surface area contributed by atoms with Crippen LogP contribution in [0.1, 0.15) is 16.7 Å². The molecule has 4 nitrogen and oxygen atoms in total. The third kappa shape index (κ3) is 2.66. The smallest absolute Gasteiger partial charge is 0.328 e. The molecular formula is C14H14N2O2. The third-order valence-corrected chi connectivity index (χ3v) is 2.60. The highest BCUT2D eigenvalue weighted by atomic mass is 16.4. The van der Waals surface area contributed by atoms with Gasteiger partial charge in [-0.1, -0.05) is 6.07 Å². The van der Waals surface area contributed by atoms with Crippen molar-refractivity contribution >= 4 is 12.0 Å². The first-order chi connectivity index (χ1) is 8.56. The molecule has 0 aliphatic carbocycles. The molecule has 0 saturated carbocycles. The Bertz CT molecular complexity index is 612. The summed E-state index contributed by atoms with van der Waals surface area (Å²) >= 11 is 0. The Balaban J connectivity index is 2.33. The zero-order chi connectivity index (χ0) is 13.1. The molecule has 18 heavy (non-hydrogen) atoms. The van der Waals surface area contributed by atoms with Crippen molar-refractivity contribution in [2.75, 3.05) is 0 Å². The molecule has 1 aromatic heterocycles. The number of hydrogen-bond donors (Lipinski definition) is 1. The average molecular weight is 242 g/mol. The number of aliphatic carboxylic acids is 1. The molecule has 4 heteroatoms. The van der Waals surface area contributed by atoms with Crippen molar-refractivity contribution in [2.24, 2.45) is 0 Å². The van der Waals surface area contributed by atoms with Crippen molar-refractivity contribution in [3.05, 3.63) is 53.4 Å². The van der Waals surface area contributed by atoms with Crippen molar-refractivity contribution in [2.45, 2.75) is 13.8 Å². The van der Waals surface area contributed by atoms with Gasteiger partial charge >= 0.3 is 5.97 Å². The van der Waals surface area contributed by atoms with Crippen LogP contribution >= 0.6 is 0 Å². The normalized spacial score (nSPS) is 11.0. The fourth-order valence-corrected chi connectivity index (χ4v) is 1.75. The number of aryl methyl sites for hydroxylation is 2. The average Bonchev–Trinajstić information content (AvgIpc) is 2.73. The van der Waals surface area contributed by atoms with E-state index in [1.165, 1.54) is 0 Å². The molecule has 92 valence electrons. The van der Waals surface area contributed by atoms with Crippen molar-refractivity contribution < 1.29 is 9.90 Å². The van der Waals surface area contributed by atoms with Crippen molar-refractivity contribution in [1.82, 2.24) is 9.78 Å². The molecule has 0 unspecified atom stereocenters. The zero-order valence-electron chi connectivity index (χ0n) is 10.3. The van der Waals surface area contributed by atoms with Gasteiger partial charge in [0.2, 0.25) is 0 Å². The van der Waals surface area contributed by atoms with Gasteiger partial charge in [0, 0.05) is 12.3 Å². The first-order valence-electron chi connectivity index (χ1n) is 5.59. The molecule has 0 fully saturated rings. The van der Waals surface area contributed by atoms with Gasteiger partial charge in [0.1, 0.15) is 0 Å². The van der Waals surface area contributed by atoms with Crippen LogP contribution in [0, 0.1) is 13.8 Å². The predicted molar refractivity (Wildman–Crippen MR) is 69.7 cm³/mol. The number of carbonyl (C=O) groups is 1. The monoisotopic (exact) mass is 242 g/mol. The molecule has 0 bridgehead atoms. The van der Waals surface area contributed by atoms with Gasteiger partial charge in [-0.05, 0) is 48.7 Å². The van der Waals surface area contributed by atoms with E-state index in [1.54, 1.807) is 12.3 Å². The number of aromatic nitrogens is 2. The lowest BCUT2D eigenvalue weighted by molar-refractivity contribution is -0.131. The summed E-state index contributed by atoms with van der Waals surface area (Å²) in [5.41, 5.74) is 4.01. The summed E-state index contributed by atoms with van der Waals surface area (Å²) in [6.07, 6.45) is 6.47. The van der Waals surface area contributed by atoms with Gasteiger partial charge in [-0.25, -0.2) is 9.48 Å². The van der Waals surface area contributed by atoms with Crippen LogP contribution < -0.4 is 0 Å². The Morgan fingerprint density at radius 2 is 2.17 bits per heavy atom. The molecule has 0 aliphatic rings. The summed E-state index contributed by atoms with van der Waals surface area (Å²) < 4.78 is 1.81. The van der Waals surface area contributed by atoms with E-state index in [4.69, 9.17) is 5.11 Å². The third-order valence-electron chi connectivity index (χ3n) is 2.60. The van der Waals surface area contributed by atoms with Gasteiger partial charge in [0.15, 0.2) is 0 Å². The minimum Gasteiger partial charge on any atom is -0.478 e. The Hall–Kier alpha value is -2.36. The summed E-state index contributed by atoms with van der Waals surface area (Å²) in [7, 11) is 0. The molecule has 0 atom stereocenters. The van der Waals surface area contributed by atoms with Crippen molar-refractivity contribution in [3.8, 4) is 5.69 Å². The summed E-state index contributed by atoms with van der Waals surface area (Å²) in [5, 5.41) is 12.8. The maximum atomic E-state index is 10.4. The number of carboxylic acids is 1. The van der Waals surface area contributed by atoms with E-state index in [1.807, 2.05) is 42.9 Å². The maximum absolute atomic E-state index is 10.4. The number of rotatable bonds is 3. The number of hydrogen-bond acceptors (Lipinski definition) is 2. The molecule has 1 N–H and O–H groups in total. The van der Waals surface area contributed by atoms with Crippen molar-refractivity contribution in [3.63, 3.8) is 0 Å². The predicted octanol–water partition coefficient (Wildman–Crippen LogP) is 2.59. The van der Waals surface area contributed by atoms with Gasteiger partial charge in [-0.3, -0.25) is 0 Å². The molecule has 0 spiro atoms. The summed E-state index contributed by atoms with van der Waals surface area (Å²) in [6, 6.07) is 5.74. The number of benzene rings is 1. The van der Waals surface area contributed by atoms with Gasteiger partial charge in [0.25, 0.3) is 0 Å². The second-order valence-corrected chi connectivity index (χ2v) is 4.18. The second kappa shape index (κ2) is 4.87. The molecule has 2 rings (SSSR count). The SMILES string of the molecule is Cc1cnn(-c2ccc(/C=C/C(=O)O)cc2C)c1. The van der Waals surface area contributed by atoms with Crippen LogP contribution in [0.15, 0.2) is 36.7 Å². The van der Waals surface area contributed by atoms with Crippen LogP contribution in [0.25, 0.3) is 11.8 Å². The van der Waals surface area contributed by atoms with Gasteiger partial charge in [0.05, 0.1) is 11.9 Å². The summed E-state index contributed by atoms with van der Waals surface area (Å²) in [6.45, 7) is 3.97. The van der Waals surface area contributed by atoms with Gasteiger partial charge in [-0.15, -0.1) is 0 Å². The van der Waals surface area contributed by atoms with Crippen LogP contribution in [-0.2, 0) is 4.79 Å². The standard InChI is InChI=1S/C14H14N2O2/c1-10-8-15-16(9-10)13-5-3-12(7-11(13)2)4-6-14(17)18/h3-9H,1-2H3,(H,17,18)/b6-4+. The van der Waals surface area contributed by atoms with E-state index in [0.717, 1.165) is 28.5 Å². The minimum absolute atomic E-state index is 0.863. The zero-order valence-corrected chi connectivity index (χ0v) is 10.3. The topological polar surface area (TPSA) is 55.1 Å². The summed E-state index contributed by atoms with van der Waals surface area (Å²) in [5.74, 6) is -0.945. The lowest BCUT2D eigenvalue weighted by atomic mass is 10.1. The Labute approximate surface area is 105 Å². The van der Waals surface area contributed by atoms with E-state index in [-0.39, 0.29) is 0 Å². The largest absolute Gasteiger partial charge is 0.478 e. The van der Waals surface area contributed by atoms with Crippen molar-refractivity contribution in [1.29, 1.82) is 0 Å². The Morgan fingerprint density at radius 3 is 2.72 bits per heavy atom. The van der Waals surface area contributed by atoms with Crippen LogP contribution in [0.5, 0.6) is 0 Å². The lowest BCUT2D eigenvalue weighted by Crippen LogP contribution is -1.97. The Morgan fingerprint density at radius 1 is 1.39 bits per heavy atom. The molecule has 0 amide bonds. The van der Waals surface area contributed by atoms with Gasteiger partial charge < -0.3 is 5.11 Å². The van der Waals surface area contributed by atoms with Crippen LogP contribution in [-0.4, -0.2) is 20.9 Å². The highest BCUT2D eigenvalue weighted by Gasteiger charge is 2.02. The summed E-state index contributed by atoms with van der Waals surface area (Å²) in [4.78, 5) is 10.4.